The van der Waals surface area contributed by atoms with Gasteiger partial charge < -0.3 is 0 Å². The summed E-state index contributed by atoms with van der Waals surface area (Å²) in [7, 11) is 0. The van der Waals surface area contributed by atoms with Crippen LogP contribution in [0.15, 0.2) is 4.99 Å². The third kappa shape index (κ3) is 7.67. The Hall–Kier alpha value is -0.330. The lowest BCUT2D eigenvalue weighted by atomic mass is 9.97. The van der Waals surface area contributed by atoms with Gasteiger partial charge in [0.1, 0.15) is 0 Å². The molecule has 0 rings (SSSR count). The van der Waals surface area contributed by atoms with E-state index in [0.29, 0.717) is 0 Å². The molecule has 0 aromatic carbocycles. The molecule has 0 aliphatic rings. The van der Waals surface area contributed by atoms with Gasteiger partial charge in [0.25, 0.3) is 0 Å². The molecular weight excluding hydrogens is 110 g/mol. The number of rotatable bonds is 1. The van der Waals surface area contributed by atoms with Crippen molar-refractivity contribution < 1.29 is 1.37 Å². The molecule has 0 aromatic rings. The Balaban J connectivity index is 4.11. The largest absolute Gasteiger partial charge is 0.294 e. The molecule has 0 fully saturated rings. The Morgan fingerprint density at radius 2 is 1.89 bits per heavy atom. The van der Waals surface area contributed by atoms with Gasteiger partial charge in [0, 0.05) is 12.2 Å². The molecule has 54 valence electrons. The minimum atomic E-state index is -0.322. The van der Waals surface area contributed by atoms with Gasteiger partial charge in [0.05, 0.1) is 1.37 Å². The molecule has 0 unspecified atom stereocenters. The molecule has 9 heavy (non-hydrogen) atoms. The van der Waals surface area contributed by atoms with Gasteiger partial charge in [-0.2, -0.15) is 0 Å². The fraction of sp³-hybridized carbons (Fsp3) is 0.875. The van der Waals surface area contributed by atoms with Crippen molar-refractivity contribution in [3.05, 3.63) is 0 Å². The number of hydrogen-bond acceptors (Lipinski definition) is 1. The van der Waals surface area contributed by atoms with Crippen LogP contribution in [-0.2, 0) is 0 Å². The monoisotopic (exact) mass is 128 g/mol. The molecule has 0 radical (unpaired) electrons. The number of hydrogen-bond donors (Lipinski definition) is 0. The average Bonchev–Trinajstić information content (AvgIpc) is 1.60. The van der Waals surface area contributed by atoms with Gasteiger partial charge in [-0.3, -0.25) is 4.99 Å². The molecule has 0 amide bonds. The Morgan fingerprint density at radius 1 is 1.44 bits per heavy atom. The van der Waals surface area contributed by atoms with E-state index in [2.05, 4.69) is 4.99 Å². The van der Waals surface area contributed by atoms with E-state index in [1.54, 1.807) is 0 Å². The topological polar surface area (TPSA) is 12.4 Å². The van der Waals surface area contributed by atoms with Crippen molar-refractivity contribution in [3.8, 4) is 0 Å². The van der Waals surface area contributed by atoms with E-state index in [4.69, 9.17) is 1.37 Å². The lowest BCUT2D eigenvalue weighted by Gasteiger charge is -2.14. The zero-order valence-electron chi connectivity index (χ0n) is 8.02. The van der Waals surface area contributed by atoms with Gasteiger partial charge in [0.15, 0.2) is 0 Å². The molecule has 0 aromatic heterocycles. The van der Waals surface area contributed by atoms with Crippen LogP contribution in [0.3, 0.4) is 0 Å². The Bertz CT molecular complexity index is 129. The predicted octanol–water partition coefficient (Wildman–Crippen LogP) is 2.51. The van der Waals surface area contributed by atoms with Crippen LogP contribution in [0, 0.1) is 5.41 Å². The lowest BCUT2D eigenvalue weighted by Crippen LogP contribution is -2.10. The van der Waals surface area contributed by atoms with Crippen LogP contribution >= 0.6 is 0 Å². The second-order valence-corrected chi connectivity index (χ2v) is 3.57. The van der Waals surface area contributed by atoms with Gasteiger partial charge >= 0.3 is 0 Å². The van der Waals surface area contributed by atoms with Crippen molar-refractivity contribution in [3.63, 3.8) is 0 Å². The summed E-state index contributed by atoms with van der Waals surface area (Å²) in [5.74, 6) is 0. The minimum absolute atomic E-state index is 0.0305. The van der Waals surface area contributed by atoms with Gasteiger partial charge in [-0.15, -0.1) is 0 Å². The molecule has 0 saturated heterocycles. The molecule has 0 N–H and O–H groups in total. The quantitative estimate of drug-likeness (QED) is 0.481. The molecule has 0 bridgehead atoms. The number of aliphatic imine (C=N–C) groups is 1. The van der Waals surface area contributed by atoms with Crippen molar-refractivity contribution in [1.82, 2.24) is 0 Å². The first kappa shape index (κ1) is 6.79. The maximum atomic E-state index is 7.57. The van der Waals surface area contributed by atoms with E-state index in [9.17, 15) is 0 Å². The van der Waals surface area contributed by atoms with Gasteiger partial charge in [0.2, 0.25) is 0 Å². The summed E-state index contributed by atoms with van der Waals surface area (Å²) < 4.78 is 7.57. The highest BCUT2D eigenvalue weighted by atomic mass is 14.7. The molecule has 0 saturated carbocycles. The number of nitrogens with zero attached hydrogens (tertiary/aromatic N) is 1. The molecule has 1 heteroatoms. The molecule has 0 spiro atoms. The second-order valence-electron chi connectivity index (χ2n) is 3.57. The Morgan fingerprint density at radius 3 is 2.00 bits per heavy atom. The highest BCUT2D eigenvalue weighted by Crippen LogP contribution is 2.12. The van der Waals surface area contributed by atoms with Crippen molar-refractivity contribution in [2.24, 2.45) is 10.4 Å². The lowest BCUT2D eigenvalue weighted by molar-refractivity contribution is 0.429. The molecular formula is C8H17N. The van der Waals surface area contributed by atoms with E-state index in [1.807, 2.05) is 34.6 Å². The maximum absolute atomic E-state index is 7.57. The average molecular weight is 128 g/mol. The molecule has 0 heterocycles. The van der Waals surface area contributed by atoms with Crippen molar-refractivity contribution in [1.29, 1.82) is 0 Å². The van der Waals surface area contributed by atoms with E-state index in [-0.39, 0.29) is 11.9 Å². The molecule has 1 atom stereocenters. The predicted molar refractivity (Wildman–Crippen MR) is 43.1 cm³/mol. The second kappa shape index (κ2) is 3.00. The highest BCUT2D eigenvalue weighted by molar-refractivity contribution is 5.79. The van der Waals surface area contributed by atoms with E-state index >= 15 is 0 Å². The summed E-state index contributed by atoms with van der Waals surface area (Å²) in [4.78, 5) is 4.13. The summed E-state index contributed by atoms with van der Waals surface area (Å²) in [5, 5.41) is 0. The summed E-state index contributed by atoms with van der Waals surface area (Å²) in [6.07, 6.45) is 0. The van der Waals surface area contributed by atoms with Crippen LogP contribution in [0.5, 0.6) is 0 Å². The van der Waals surface area contributed by atoms with Crippen LogP contribution in [0.25, 0.3) is 0 Å². The normalized spacial score (nSPS) is 16.3. The zero-order valence-corrected chi connectivity index (χ0v) is 7.02. The first-order valence-corrected chi connectivity index (χ1v) is 3.27. The SMILES string of the molecule is [2H][C@@H](N=C(C)C)C(C)(C)C. The zero-order chi connectivity index (χ0) is 8.36. The Labute approximate surface area is 59.6 Å². The Kier molecular flexibility index (Phi) is 2.26. The van der Waals surface area contributed by atoms with Crippen LogP contribution < -0.4 is 0 Å². The third-order valence-electron chi connectivity index (χ3n) is 0.710. The fourth-order valence-corrected chi connectivity index (χ4v) is 0.323. The molecule has 1 nitrogen and oxygen atoms in total. The standard InChI is InChI=1S/C8H17N/c1-7(2)9-6-8(3,4)5/h6H2,1-5H3/i6D/t6-/m1/s1. The fourth-order valence-electron chi connectivity index (χ4n) is 0.323. The third-order valence-corrected chi connectivity index (χ3v) is 0.710. The van der Waals surface area contributed by atoms with E-state index in [1.165, 1.54) is 0 Å². The van der Waals surface area contributed by atoms with Crippen LogP contribution in [0.1, 0.15) is 36.0 Å². The molecule has 0 aliphatic carbocycles. The minimum Gasteiger partial charge on any atom is -0.294 e. The van der Waals surface area contributed by atoms with E-state index in [0.717, 1.165) is 5.71 Å². The van der Waals surface area contributed by atoms with Crippen molar-refractivity contribution in [2.45, 2.75) is 34.6 Å². The van der Waals surface area contributed by atoms with E-state index < -0.39 is 0 Å². The molecule has 0 aliphatic heterocycles. The van der Waals surface area contributed by atoms with Crippen molar-refractivity contribution in [2.75, 3.05) is 6.52 Å². The summed E-state index contributed by atoms with van der Waals surface area (Å²) in [6, 6.07) is 0. The van der Waals surface area contributed by atoms with Crippen LogP contribution in [0.4, 0.5) is 0 Å². The summed E-state index contributed by atoms with van der Waals surface area (Å²) in [6.45, 7) is 9.60. The maximum Gasteiger partial charge on any atom is 0.0520 e. The first-order valence-electron chi connectivity index (χ1n) is 3.85. The first-order chi connectivity index (χ1) is 4.34. The van der Waals surface area contributed by atoms with Crippen LogP contribution in [-0.4, -0.2) is 12.2 Å². The summed E-state index contributed by atoms with van der Waals surface area (Å²) >= 11 is 0. The summed E-state index contributed by atoms with van der Waals surface area (Å²) in [5.41, 5.74) is 0.951. The van der Waals surface area contributed by atoms with Gasteiger partial charge in [-0.1, -0.05) is 20.8 Å². The smallest absolute Gasteiger partial charge is 0.0520 e. The van der Waals surface area contributed by atoms with Gasteiger partial charge in [-0.25, -0.2) is 0 Å². The highest BCUT2D eigenvalue weighted by Gasteiger charge is 2.07. The van der Waals surface area contributed by atoms with Crippen LogP contribution in [0.2, 0.25) is 0 Å². The van der Waals surface area contributed by atoms with Gasteiger partial charge in [-0.05, 0) is 19.3 Å². The van der Waals surface area contributed by atoms with Crippen molar-refractivity contribution >= 4 is 5.71 Å².